The van der Waals surface area contributed by atoms with Crippen molar-refractivity contribution in [3.63, 3.8) is 0 Å². The van der Waals surface area contributed by atoms with E-state index in [2.05, 4.69) is 10.5 Å². The Balaban J connectivity index is 1.84. The monoisotopic (exact) mass is 359 g/mol. The zero-order chi connectivity index (χ0) is 18.7. The lowest BCUT2D eigenvalue weighted by molar-refractivity contribution is 0.206. The molecule has 1 unspecified atom stereocenters. The van der Waals surface area contributed by atoms with Gasteiger partial charge in [-0.3, -0.25) is 0 Å². The molecular formula is C19H25N3O4. The second-order valence-electron chi connectivity index (χ2n) is 6.31. The number of anilines is 1. The maximum absolute atomic E-state index is 13.0. The summed E-state index contributed by atoms with van der Waals surface area (Å²) in [4.78, 5) is 14.8. The summed E-state index contributed by atoms with van der Waals surface area (Å²) in [5.74, 6) is 2.10. The van der Waals surface area contributed by atoms with Crippen molar-refractivity contribution >= 4 is 11.7 Å². The van der Waals surface area contributed by atoms with Gasteiger partial charge in [0.2, 0.25) is 0 Å². The van der Waals surface area contributed by atoms with E-state index in [4.69, 9.17) is 14.0 Å². The number of amides is 2. The highest BCUT2D eigenvalue weighted by atomic mass is 16.5. The van der Waals surface area contributed by atoms with Crippen LogP contribution in [-0.2, 0) is 6.42 Å². The summed E-state index contributed by atoms with van der Waals surface area (Å²) in [5.41, 5.74) is 2.48. The Morgan fingerprint density at radius 3 is 2.88 bits per heavy atom. The molecule has 1 saturated heterocycles. The van der Waals surface area contributed by atoms with Gasteiger partial charge in [-0.25, -0.2) is 4.79 Å². The minimum atomic E-state index is -0.165. The number of hydrogen-bond donors (Lipinski definition) is 1. The maximum atomic E-state index is 13.0. The van der Waals surface area contributed by atoms with Crippen molar-refractivity contribution in [2.24, 2.45) is 0 Å². The third kappa shape index (κ3) is 3.34. The first-order valence-corrected chi connectivity index (χ1v) is 8.83. The molecule has 26 heavy (non-hydrogen) atoms. The Kier molecular flexibility index (Phi) is 5.35. The molecule has 7 nitrogen and oxygen atoms in total. The first-order valence-electron chi connectivity index (χ1n) is 8.83. The van der Waals surface area contributed by atoms with Crippen LogP contribution in [0.1, 0.15) is 42.8 Å². The Morgan fingerprint density at radius 1 is 1.38 bits per heavy atom. The fourth-order valence-electron chi connectivity index (χ4n) is 3.51. The maximum Gasteiger partial charge on any atom is 0.322 e. The van der Waals surface area contributed by atoms with E-state index in [1.54, 1.807) is 32.4 Å². The van der Waals surface area contributed by atoms with Crippen LogP contribution in [0.5, 0.6) is 11.5 Å². The van der Waals surface area contributed by atoms with Gasteiger partial charge in [-0.1, -0.05) is 12.1 Å². The molecule has 2 amide bonds. The van der Waals surface area contributed by atoms with E-state index < -0.39 is 0 Å². The summed E-state index contributed by atoms with van der Waals surface area (Å²) in [6, 6.07) is 5.13. The van der Waals surface area contributed by atoms with Crippen LogP contribution in [0.2, 0.25) is 0 Å². The van der Waals surface area contributed by atoms with Crippen molar-refractivity contribution in [2.45, 2.75) is 39.2 Å². The predicted molar refractivity (Wildman–Crippen MR) is 97.9 cm³/mol. The number of nitrogens with one attached hydrogen (secondary N) is 1. The van der Waals surface area contributed by atoms with Crippen molar-refractivity contribution in [1.29, 1.82) is 0 Å². The number of aryl methyl sites for hydroxylation is 2. The fraction of sp³-hybridized carbons (Fsp3) is 0.474. The van der Waals surface area contributed by atoms with Crippen LogP contribution in [0.15, 0.2) is 22.7 Å². The van der Waals surface area contributed by atoms with Gasteiger partial charge in [0.15, 0.2) is 0 Å². The molecule has 0 bridgehead atoms. The van der Waals surface area contributed by atoms with Crippen LogP contribution in [0.25, 0.3) is 0 Å². The lowest BCUT2D eigenvalue weighted by Gasteiger charge is -2.25. The Morgan fingerprint density at radius 2 is 2.19 bits per heavy atom. The molecule has 1 aromatic carbocycles. The average molecular weight is 359 g/mol. The summed E-state index contributed by atoms with van der Waals surface area (Å²) in [5, 5.41) is 7.05. The Bertz CT molecular complexity index is 787. The number of carbonyl (C=O) groups is 1. The molecule has 0 radical (unpaired) electrons. The van der Waals surface area contributed by atoms with E-state index in [1.165, 1.54) is 0 Å². The van der Waals surface area contributed by atoms with Gasteiger partial charge in [-0.2, -0.15) is 0 Å². The lowest BCUT2D eigenvalue weighted by atomic mass is 10.0. The van der Waals surface area contributed by atoms with Crippen molar-refractivity contribution in [3.05, 3.63) is 35.2 Å². The third-order valence-electron chi connectivity index (χ3n) is 4.80. The van der Waals surface area contributed by atoms with Crippen LogP contribution in [0.3, 0.4) is 0 Å². The highest BCUT2D eigenvalue weighted by molar-refractivity contribution is 5.91. The van der Waals surface area contributed by atoms with E-state index >= 15 is 0 Å². The summed E-state index contributed by atoms with van der Waals surface area (Å²) < 4.78 is 16.0. The number of carbonyl (C=O) groups excluding carboxylic acids is 1. The molecule has 0 saturated carbocycles. The van der Waals surface area contributed by atoms with Gasteiger partial charge in [-0.05, 0) is 31.9 Å². The second-order valence-corrected chi connectivity index (χ2v) is 6.31. The molecule has 1 aliphatic heterocycles. The van der Waals surface area contributed by atoms with Gasteiger partial charge in [0.25, 0.3) is 0 Å². The molecule has 0 aliphatic carbocycles. The van der Waals surface area contributed by atoms with Gasteiger partial charge < -0.3 is 24.2 Å². The molecule has 140 valence electrons. The summed E-state index contributed by atoms with van der Waals surface area (Å²) in [6.07, 6.45) is 2.60. The van der Waals surface area contributed by atoms with Crippen molar-refractivity contribution in [2.75, 3.05) is 26.1 Å². The number of methoxy groups -OCH3 is 2. The lowest BCUT2D eigenvalue weighted by Crippen LogP contribution is -2.35. The highest BCUT2D eigenvalue weighted by Gasteiger charge is 2.34. The molecule has 2 heterocycles. The second kappa shape index (κ2) is 7.68. The van der Waals surface area contributed by atoms with Crippen molar-refractivity contribution < 1.29 is 18.8 Å². The van der Waals surface area contributed by atoms with Crippen LogP contribution in [-0.4, -0.2) is 36.9 Å². The number of ether oxygens (including phenoxy) is 2. The van der Waals surface area contributed by atoms with Crippen LogP contribution in [0, 0.1) is 6.92 Å². The summed E-state index contributed by atoms with van der Waals surface area (Å²) in [7, 11) is 3.16. The Hall–Kier alpha value is -2.70. The van der Waals surface area contributed by atoms with Crippen LogP contribution >= 0.6 is 0 Å². The summed E-state index contributed by atoms with van der Waals surface area (Å²) in [6.45, 7) is 4.65. The van der Waals surface area contributed by atoms with Crippen LogP contribution < -0.4 is 14.8 Å². The minimum Gasteiger partial charge on any atom is -0.497 e. The zero-order valence-corrected chi connectivity index (χ0v) is 15.7. The minimum absolute atomic E-state index is 0.0206. The number of benzene rings is 1. The van der Waals surface area contributed by atoms with Gasteiger partial charge in [0.05, 0.1) is 31.6 Å². The largest absolute Gasteiger partial charge is 0.497 e. The quantitative estimate of drug-likeness (QED) is 0.875. The number of likely N-dealkylation sites (tertiary alicyclic amines) is 1. The van der Waals surface area contributed by atoms with Gasteiger partial charge in [-0.15, -0.1) is 0 Å². The molecule has 7 heteroatoms. The number of rotatable bonds is 5. The van der Waals surface area contributed by atoms with E-state index in [-0.39, 0.29) is 12.1 Å². The highest BCUT2D eigenvalue weighted by Crippen LogP contribution is 2.37. The third-order valence-corrected chi connectivity index (χ3v) is 4.80. The molecule has 1 N–H and O–H groups in total. The van der Waals surface area contributed by atoms with E-state index in [9.17, 15) is 4.79 Å². The number of urea groups is 1. The molecule has 1 atom stereocenters. The first kappa shape index (κ1) is 18.1. The van der Waals surface area contributed by atoms with Gasteiger partial charge in [0.1, 0.15) is 17.3 Å². The van der Waals surface area contributed by atoms with Crippen LogP contribution in [0.4, 0.5) is 10.5 Å². The molecule has 1 aromatic heterocycles. The first-order chi connectivity index (χ1) is 12.6. The average Bonchev–Trinajstić information content (AvgIpc) is 3.27. The smallest absolute Gasteiger partial charge is 0.322 e. The van der Waals surface area contributed by atoms with E-state index in [1.807, 2.05) is 18.7 Å². The molecule has 2 aromatic rings. The predicted octanol–water partition coefficient (Wildman–Crippen LogP) is 3.93. The zero-order valence-electron chi connectivity index (χ0n) is 15.7. The molecule has 0 spiro atoms. The van der Waals surface area contributed by atoms with Crippen molar-refractivity contribution in [1.82, 2.24) is 10.1 Å². The Labute approximate surface area is 153 Å². The number of aromatic nitrogens is 1. The molecule has 1 aliphatic rings. The van der Waals surface area contributed by atoms with E-state index in [0.29, 0.717) is 23.7 Å². The molecule has 3 rings (SSSR count). The number of hydrogen-bond acceptors (Lipinski definition) is 5. The van der Waals surface area contributed by atoms with Gasteiger partial charge >= 0.3 is 6.03 Å². The number of nitrogens with zero attached hydrogens (tertiary/aromatic N) is 2. The fourth-order valence-corrected chi connectivity index (χ4v) is 3.51. The molecule has 1 fully saturated rings. The van der Waals surface area contributed by atoms with Crippen molar-refractivity contribution in [3.8, 4) is 11.5 Å². The molecular weight excluding hydrogens is 334 g/mol. The normalized spacial score (nSPS) is 16.6. The van der Waals surface area contributed by atoms with E-state index in [0.717, 1.165) is 36.3 Å². The van der Waals surface area contributed by atoms with Gasteiger partial charge in [0, 0.05) is 24.6 Å². The summed E-state index contributed by atoms with van der Waals surface area (Å²) >= 11 is 0. The SMILES string of the molecule is CCc1onc(C)c1C1CCCN1C(=O)Nc1cc(OC)ccc1OC. The topological polar surface area (TPSA) is 76.8 Å². The standard InChI is InChI=1S/C19H25N3O4/c1-5-16-18(12(2)21-26-16)15-7-6-10-22(15)19(23)20-14-11-13(24-3)8-9-17(14)25-4/h8-9,11,15H,5-7,10H2,1-4H3,(H,20,23).